The van der Waals surface area contributed by atoms with Gasteiger partial charge in [0.1, 0.15) is 11.3 Å². The highest BCUT2D eigenvalue weighted by Gasteiger charge is 2.38. The van der Waals surface area contributed by atoms with Crippen LogP contribution >= 0.6 is 15.9 Å². The lowest BCUT2D eigenvalue weighted by atomic mass is 9.89. The zero-order valence-corrected chi connectivity index (χ0v) is 18.5. The van der Waals surface area contributed by atoms with Crippen LogP contribution in [0.15, 0.2) is 25.7 Å². The zero-order valence-electron chi connectivity index (χ0n) is 16.9. The van der Waals surface area contributed by atoms with E-state index in [0.29, 0.717) is 35.1 Å². The molecular formula is C20H27BrN4O4. The topological polar surface area (TPSA) is 101 Å². The molecule has 0 spiro atoms. The van der Waals surface area contributed by atoms with E-state index in [9.17, 15) is 9.59 Å². The van der Waals surface area contributed by atoms with Gasteiger partial charge in [0, 0.05) is 26.8 Å². The summed E-state index contributed by atoms with van der Waals surface area (Å²) < 4.78 is 11.5. The van der Waals surface area contributed by atoms with Crippen molar-refractivity contribution in [3.05, 3.63) is 34.3 Å². The van der Waals surface area contributed by atoms with Gasteiger partial charge in [0.15, 0.2) is 10.5 Å². The van der Waals surface area contributed by atoms with Crippen LogP contribution in [0.5, 0.6) is 0 Å². The predicted molar refractivity (Wildman–Crippen MR) is 109 cm³/mol. The van der Waals surface area contributed by atoms with Crippen molar-refractivity contribution in [2.75, 3.05) is 7.05 Å². The molecule has 8 nitrogen and oxygen atoms in total. The van der Waals surface area contributed by atoms with Gasteiger partial charge in [-0.2, -0.15) is 4.98 Å². The van der Waals surface area contributed by atoms with Gasteiger partial charge in [0.25, 0.3) is 0 Å². The van der Waals surface area contributed by atoms with Crippen molar-refractivity contribution in [3.63, 3.8) is 0 Å². The first kappa shape index (κ1) is 21.5. The smallest absolute Gasteiger partial charge is 0.227 e. The lowest BCUT2D eigenvalue weighted by Gasteiger charge is -2.30. The molecule has 2 heterocycles. The van der Waals surface area contributed by atoms with E-state index in [-0.39, 0.29) is 18.2 Å². The first-order valence-electron chi connectivity index (χ1n) is 9.98. The van der Waals surface area contributed by atoms with E-state index in [0.717, 1.165) is 38.5 Å². The minimum absolute atomic E-state index is 0.0386. The summed E-state index contributed by atoms with van der Waals surface area (Å²) in [5.41, 5.74) is -0.572. The molecule has 0 bridgehead atoms. The molecule has 1 saturated carbocycles. The number of aromatic nitrogens is 2. The van der Waals surface area contributed by atoms with Gasteiger partial charge in [0.2, 0.25) is 17.7 Å². The first-order chi connectivity index (χ1) is 13.9. The Morgan fingerprint density at radius 2 is 1.97 bits per heavy atom. The molecule has 9 heteroatoms. The molecule has 1 aliphatic rings. The molecule has 0 unspecified atom stereocenters. The van der Waals surface area contributed by atoms with Gasteiger partial charge in [-0.25, -0.2) is 0 Å². The van der Waals surface area contributed by atoms with Gasteiger partial charge in [-0.15, -0.1) is 0 Å². The molecule has 0 aliphatic heterocycles. The molecule has 2 aromatic heterocycles. The normalized spacial score (nSPS) is 16.2. The molecule has 2 aromatic rings. The SMILES string of the molecule is CC(=O)NC1(c2noc(CCC(=O)N(C)Cc3ccc(Br)o3)n2)CCCCCC1. The summed E-state index contributed by atoms with van der Waals surface area (Å²) in [5.74, 6) is 1.50. The third-order valence-electron chi connectivity index (χ3n) is 5.27. The molecule has 29 heavy (non-hydrogen) atoms. The van der Waals surface area contributed by atoms with Crippen LogP contribution in [-0.2, 0) is 28.1 Å². The van der Waals surface area contributed by atoms with Gasteiger partial charge in [0.05, 0.1) is 6.54 Å². The standard InChI is InChI=1S/C20H27BrN4O4/c1-14(26)23-20(11-5-3-4-6-12-20)19-22-17(29-24-19)9-10-18(27)25(2)13-15-7-8-16(21)28-15/h7-8H,3-6,9-13H2,1-2H3,(H,23,26). The van der Waals surface area contributed by atoms with Crippen LogP contribution in [0, 0.1) is 0 Å². The average molecular weight is 467 g/mol. The second-order valence-electron chi connectivity index (χ2n) is 7.64. The van der Waals surface area contributed by atoms with Crippen molar-refractivity contribution >= 4 is 27.7 Å². The number of hydrogen-bond donors (Lipinski definition) is 1. The zero-order chi connectivity index (χ0) is 20.9. The van der Waals surface area contributed by atoms with E-state index in [4.69, 9.17) is 8.94 Å². The molecule has 1 N–H and O–H groups in total. The number of nitrogens with zero attached hydrogens (tertiary/aromatic N) is 3. The molecule has 0 saturated heterocycles. The minimum atomic E-state index is -0.572. The summed E-state index contributed by atoms with van der Waals surface area (Å²) in [4.78, 5) is 30.3. The fourth-order valence-corrected chi connectivity index (χ4v) is 4.13. The van der Waals surface area contributed by atoms with Crippen molar-refractivity contribution < 1.29 is 18.5 Å². The Labute approximate surface area is 178 Å². The van der Waals surface area contributed by atoms with Crippen LogP contribution in [0.3, 0.4) is 0 Å². The fraction of sp³-hybridized carbons (Fsp3) is 0.600. The van der Waals surface area contributed by atoms with Crippen molar-refractivity contribution in [3.8, 4) is 0 Å². The predicted octanol–water partition coefficient (Wildman–Crippen LogP) is 3.70. The number of halogens is 1. The Morgan fingerprint density at radius 3 is 2.59 bits per heavy atom. The molecule has 2 amide bonds. The first-order valence-corrected chi connectivity index (χ1v) is 10.8. The minimum Gasteiger partial charge on any atom is -0.452 e. The van der Waals surface area contributed by atoms with Crippen molar-refractivity contribution in [2.24, 2.45) is 0 Å². The molecule has 158 valence electrons. The van der Waals surface area contributed by atoms with Crippen LogP contribution in [0.25, 0.3) is 0 Å². The third-order valence-corrected chi connectivity index (χ3v) is 5.70. The molecule has 0 radical (unpaired) electrons. The second kappa shape index (κ2) is 9.56. The van der Waals surface area contributed by atoms with Crippen molar-refractivity contribution in [2.45, 2.75) is 70.4 Å². The van der Waals surface area contributed by atoms with Crippen LogP contribution in [0.4, 0.5) is 0 Å². The molecule has 1 fully saturated rings. The number of carbonyl (C=O) groups is 2. The van der Waals surface area contributed by atoms with E-state index < -0.39 is 5.54 Å². The number of rotatable bonds is 7. The van der Waals surface area contributed by atoms with Crippen molar-refractivity contribution in [1.29, 1.82) is 0 Å². The number of furan rings is 1. The largest absolute Gasteiger partial charge is 0.452 e. The highest BCUT2D eigenvalue weighted by Crippen LogP contribution is 2.34. The summed E-state index contributed by atoms with van der Waals surface area (Å²) in [7, 11) is 1.73. The lowest BCUT2D eigenvalue weighted by molar-refractivity contribution is -0.130. The number of carbonyl (C=O) groups excluding carboxylic acids is 2. The van der Waals surface area contributed by atoms with Crippen LogP contribution < -0.4 is 5.32 Å². The molecule has 1 aliphatic carbocycles. The highest BCUT2D eigenvalue weighted by atomic mass is 79.9. The van der Waals surface area contributed by atoms with E-state index in [1.54, 1.807) is 18.0 Å². The van der Waals surface area contributed by atoms with E-state index in [1.165, 1.54) is 6.92 Å². The quantitative estimate of drug-likeness (QED) is 0.624. The number of amides is 2. The summed E-state index contributed by atoms with van der Waals surface area (Å²) in [6, 6.07) is 3.62. The highest BCUT2D eigenvalue weighted by molar-refractivity contribution is 9.10. The molecule has 3 rings (SSSR count). The Hall–Kier alpha value is -2.16. The summed E-state index contributed by atoms with van der Waals surface area (Å²) in [6.45, 7) is 1.91. The van der Waals surface area contributed by atoms with Gasteiger partial charge in [-0.3, -0.25) is 9.59 Å². The molecule has 0 atom stereocenters. The maximum Gasteiger partial charge on any atom is 0.227 e. The number of nitrogens with one attached hydrogen (secondary N) is 1. The maximum atomic E-state index is 12.4. The van der Waals surface area contributed by atoms with Crippen LogP contribution in [0.1, 0.15) is 69.3 Å². The Morgan fingerprint density at radius 1 is 1.24 bits per heavy atom. The number of hydrogen-bond acceptors (Lipinski definition) is 6. The lowest BCUT2D eigenvalue weighted by Crippen LogP contribution is -2.45. The summed E-state index contributed by atoms with van der Waals surface area (Å²) in [5, 5.41) is 7.22. The van der Waals surface area contributed by atoms with Crippen LogP contribution in [-0.4, -0.2) is 33.9 Å². The molecule has 0 aromatic carbocycles. The summed E-state index contributed by atoms with van der Waals surface area (Å²) in [6.07, 6.45) is 6.50. The summed E-state index contributed by atoms with van der Waals surface area (Å²) >= 11 is 3.26. The van der Waals surface area contributed by atoms with Gasteiger partial charge >= 0.3 is 0 Å². The molecular weight excluding hydrogens is 440 g/mol. The van der Waals surface area contributed by atoms with E-state index in [1.807, 2.05) is 6.07 Å². The van der Waals surface area contributed by atoms with Crippen LogP contribution in [0.2, 0.25) is 0 Å². The third kappa shape index (κ3) is 5.68. The van der Waals surface area contributed by atoms with Gasteiger partial charge in [-0.1, -0.05) is 30.8 Å². The Bertz CT molecular complexity index is 839. The monoisotopic (exact) mass is 466 g/mol. The number of aryl methyl sites for hydroxylation is 1. The second-order valence-corrected chi connectivity index (χ2v) is 8.43. The fourth-order valence-electron chi connectivity index (χ4n) is 3.79. The Kier molecular flexibility index (Phi) is 7.10. The Balaban J connectivity index is 1.61. The van der Waals surface area contributed by atoms with E-state index >= 15 is 0 Å². The van der Waals surface area contributed by atoms with Gasteiger partial charge in [-0.05, 0) is 40.9 Å². The average Bonchev–Trinajstić information content (AvgIpc) is 3.24. The van der Waals surface area contributed by atoms with Crippen molar-refractivity contribution in [1.82, 2.24) is 20.4 Å². The van der Waals surface area contributed by atoms with Gasteiger partial charge < -0.3 is 19.2 Å². The maximum absolute atomic E-state index is 12.4. The van der Waals surface area contributed by atoms with E-state index in [2.05, 4.69) is 31.4 Å².